The van der Waals surface area contributed by atoms with Gasteiger partial charge in [0.05, 0.1) is 30.5 Å². The summed E-state index contributed by atoms with van der Waals surface area (Å²) in [5.41, 5.74) is 1.52. The number of benzene rings is 2. The van der Waals surface area contributed by atoms with Crippen molar-refractivity contribution in [2.75, 3.05) is 19.4 Å². The highest BCUT2D eigenvalue weighted by Gasteiger charge is 2.35. The molecule has 0 spiro atoms. The van der Waals surface area contributed by atoms with Crippen molar-refractivity contribution >= 4 is 19.4 Å². The first-order valence-corrected chi connectivity index (χ1v) is 11.4. The fourth-order valence-electron chi connectivity index (χ4n) is 3.06. The monoisotopic (exact) mass is 429 g/mol. The molecule has 0 aromatic heterocycles. The van der Waals surface area contributed by atoms with Crippen molar-refractivity contribution in [1.29, 1.82) is 0 Å². The quantitative estimate of drug-likeness (QED) is 0.312. The van der Waals surface area contributed by atoms with E-state index in [1.54, 1.807) is 38.1 Å². The third-order valence-electron chi connectivity index (χ3n) is 4.37. The molecule has 2 aromatic rings. The molecule has 0 atom stereocenters. The van der Waals surface area contributed by atoms with E-state index in [4.69, 9.17) is 13.8 Å². The van der Waals surface area contributed by atoms with Crippen molar-refractivity contribution in [3.63, 3.8) is 0 Å². The van der Waals surface area contributed by atoms with Crippen molar-refractivity contribution in [3.8, 4) is 0 Å². The zero-order valence-electron chi connectivity index (χ0n) is 16.9. The van der Waals surface area contributed by atoms with E-state index in [0.717, 1.165) is 10.5 Å². The maximum atomic E-state index is 13.0. The number of allylic oxidation sites excluding steroid dienone is 1. The topological polar surface area (TPSA) is 82.1 Å². The Morgan fingerprint density at radius 2 is 1.43 bits per heavy atom. The van der Waals surface area contributed by atoms with Crippen molar-refractivity contribution in [2.45, 2.75) is 20.5 Å². The first-order valence-electron chi connectivity index (χ1n) is 9.70. The molecule has 0 unspecified atom stereocenters. The molecule has 8 heteroatoms. The fraction of sp³-hybridized carbons (Fsp3) is 0.273. The number of carbonyl (C=O) groups is 2. The molecule has 30 heavy (non-hydrogen) atoms. The van der Waals surface area contributed by atoms with Gasteiger partial charge in [0.1, 0.15) is 18.5 Å². The normalized spacial score (nSPS) is 14.2. The van der Waals surface area contributed by atoms with Crippen LogP contribution in [0, 0.1) is 0 Å². The van der Waals surface area contributed by atoms with E-state index in [0.29, 0.717) is 11.1 Å². The molecular weight excluding hydrogens is 405 g/mol. The Morgan fingerprint density at radius 1 is 0.900 bits per heavy atom. The van der Waals surface area contributed by atoms with Crippen molar-refractivity contribution in [2.24, 2.45) is 0 Å². The van der Waals surface area contributed by atoms with Gasteiger partial charge < -0.3 is 13.8 Å². The molecule has 2 amide bonds. The minimum absolute atomic E-state index is 0.165. The summed E-state index contributed by atoms with van der Waals surface area (Å²) in [5.74, 6) is -0.753. The molecular formula is C22H24NO6P. The van der Waals surface area contributed by atoms with Gasteiger partial charge in [-0.05, 0) is 31.5 Å². The first-order chi connectivity index (χ1) is 14.5. The molecule has 0 N–H and O–H groups in total. The third-order valence-corrected chi connectivity index (χ3v) is 6.37. The van der Waals surface area contributed by atoms with Crippen LogP contribution in [0.1, 0.15) is 40.1 Å². The van der Waals surface area contributed by atoms with E-state index in [9.17, 15) is 14.2 Å². The highest BCUT2D eigenvalue weighted by Crippen LogP contribution is 2.49. The zero-order valence-corrected chi connectivity index (χ0v) is 17.8. The van der Waals surface area contributed by atoms with Crippen LogP contribution in [-0.2, 0) is 25.0 Å². The number of ether oxygens (including phenoxy) is 1. The summed E-state index contributed by atoms with van der Waals surface area (Å²) in [5, 5.41) is 0. The highest BCUT2D eigenvalue weighted by atomic mass is 31.2. The summed E-state index contributed by atoms with van der Waals surface area (Å²) in [6.45, 7) is 3.98. The van der Waals surface area contributed by atoms with Gasteiger partial charge in [-0.2, -0.15) is 0 Å². The molecule has 7 nitrogen and oxygen atoms in total. The smallest absolute Gasteiger partial charge is 0.338 e. The highest BCUT2D eigenvalue weighted by molar-refractivity contribution is 7.54. The van der Waals surface area contributed by atoms with Gasteiger partial charge in [0, 0.05) is 0 Å². The van der Waals surface area contributed by atoms with Crippen LogP contribution < -0.4 is 0 Å². The predicted octanol–water partition coefficient (Wildman–Crippen LogP) is 4.61. The lowest BCUT2D eigenvalue weighted by molar-refractivity contribution is 0.0708. The average Bonchev–Trinajstić information content (AvgIpc) is 2.98. The molecule has 1 aliphatic heterocycles. The lowest BCUT2D eigenvalue weighted by Crippen LogP contribution is -2.25. The maximum Gasteiger partial charge on any atom is 0.338 e. The molecule has 158 valence electrons. The molecule has 0 bridgehead atoms. The number of fused-ring (bicyclic) bond motifs is 1. The largest absolute Gasteiger partial charge is 0.491 e. The minimum atomic E-state index is -3.51. The van der Waals surface area contributed by atoms with Crippen LogP contribution in [0.2, 0.25) is 0 Å². The summed E-state index contributed by atoms with van der Waals surface area (Å²) in [6, 6.07) is 16.0. The summed E-state index contributed by atoms with van der Waals surface area (Å²) >= 11 is 0. The Kier molecular flexibility index (Phi) is 7.21. The molecule has 3 rings (SSSR count). The van der Waals surface area contributed by atoms with Gasteiger partial charge >= 0.3 is 7.60 Å². The lowest BCUT2D eigenvalue weighted by Gasteiger charge is -2.20. The Bertz CT molecular complexity index is 943. The Balaban J connectivity index is 1.89. The van der Waals surface area contributed by atoms with Gasteiger partial charge in [-0.25, -0.2) is 4.90 Å². The summed E-state index contributed by atoms with van der Waals surface area (Å²) in [7, 11) is -3.51. The molecule has 0 radical (unpaired) electrons. The van der Waals surface area contributed by atoms with Crippen LogP contribution in [0.15, 0.2) is 66.6 Å². The van der Waals surface area contributed by atoms with E-state index in [1.165, 1.54) is 6.20 Å². The molecule has 1 heterocycles. The molecule has 0 saturated heterocycles. The van der Waals surface area contributed by atoms with Crippen molar-refractivity contribution in [3.05, 3.63) is 83.2 Å². The van der Waals surface area contributed by atoms with Gasteiger partial charge in [-0.15, -0.1) is 0 Å². The Morgan fingerprint density at radius 3 is 1.97 bits per heavy atom. The van der Waals surface area contributed by atoms with Gasteiger partial charge in [0.25, 0.3) is 11.8 Å². The second-order valence-corrected chi connectivity index (χ2v) is 8.55. The van der Waals surface area contributed by atoms with E-state index in [-0.39, 0.29) is 31.7 Å². The van der Waals surface area contributed by atoms with Crippen LogP contribution in [0.5, 0.6) is 0 Å². The van der Waals surface area contributed by atoms with E-state index < -0.39 is 19.4 Å². The molecule has 2 aromatic carbocycles. The molecule has 1 aliphatic rings. The van der Waals surface area contributed by atoms with Gasteiger partial charge in [0.2, 0.25) is 0 Å². The number of hydrogen-bond donors (Lipinski definition) is 0. The van der Waals surface area contributed by atoms with Crippen molar-refractivity contribution in [1.82, 2.24) is 4.90 Å². The first kappa shape index (κ1) is 22.0. The second-order valence-electron chi connectivity index (χ2n) is 6.50. The fourth-order valence-corrected chi connectivity index (χ4v) is 4.65. The predicted molar refractivity (Wildman–Crippen MR) is 112 cm³/mol. The van der Waals surface area contributed by atoms with Gasteiger partial charge in [-0.3, -0.25) is 14.2 Å². The number of amides is 2. The molecule has 0 saturated carbocycles. The lowest BCUT2D eigenvalue weighted by atomic mass is 10.1. The number of hydrogen-bond acceptors (Lipinski definition) is 6. The molecule has 0 aliphatic carbocycles. The van der Waals surface area contributed by atoms with Gasteiger partial charge in [-0.1, -0.05) is 42.5 Å². The number of imide groups is 1. The third kappa shape index (κ3) is 5.05. The van der Waals surface area contributed by atoms with Crippen molar-refractivity contribution < 1.29 is 27.9 Å². The zero-order chi connectivity index (χ0) is 21.6. The molecule has 0 fully saturated rings. The van der Waals surface area contributed by atoms with Crippen LogP contribution in [0.3, 0.4) is 0 Å². The van der Waals surface area contributed by atoms with E-state index >= 15 is 0 Å². The van der Waals surface area contributed by atoms with E-state index in [2.05, 4.69) is 0 Å². The Labute approximate surface area is 175 Å². The second kappa shape index (κ2) is 9.85. The van der Waals surface area contributed by atoms with Crippen LogP contribution in [-0.4, -0.2) is 36.1 Å². The summed E-state index contributed by atoms with van der Waals surface area (Å²) in [6.07, 6.45) is 1.09. The summed E-state index contributed by atoms with van der Waals surface area (Å²) in [4.78, 5) is 26.4. The summed E-state index contributed by atoms with van der Waals surface area (Å²) < 4.78 is 29.6. The van der Waals surface area contributed by atoms with E-state index in [1.807, 2.05) is 30.3 Å². The maximum absolute atomic E-state index is 13.0. The van der Waals surface area contributed by atoms with Gasteiger partial charge in [0.15, 0.2) is 0 Å². The average molecular weight is 429 g/mol. The SMILES string of the molecule is CCOP(=O)(C/C(=C/N1C(=O)c2ccccc2C1=O)OCc1ccccc1)OCC. The van der Waals surface area contributed by atoms with Crippen LogP contribution >= 0.6 is 7.60 Å². The standard InChI is InChI=1S/C22H24NO6P/c1-3-28-30(26,29-4-2)16-18(27-15-17-10-6-5-7-11-17)14-23-21(24)19-12-8-9-13-20(19)22(23)25/h5-14H,3-4,15-16H2,1-2H3/b18-14-. The number of nitrogens with zero attached hydrogens (tertiary/aromatic N) is 1. The number of rotatable bonds is 10. The minimum Gasteiger partial charge on any atom is -0.491 e. The van der Waals surface area contributed by atoms with Crippen LogP contribution in [0.4, 0.5) is 0 Å². The number of carbonyl (C=O) groups excluding carboxylic acids is 2. The Hall–Kier alpha value is -2.73. The van der Waals surface area contributed by atoms with Crippen LogP contribution in [0.25, 0.3) is 0 Å².